The summed E-state index contributed by atoms with van der Waals surface area (Å²) in [6, 6.07) is 7.66. The van der Waals surface area contributed by atoms with Gasteiger partial charge in [-0.1, -0.05) is 36.7 Å². The second-order valence-electron chi connectivity index (χ2n) is 6.09. The number of aryl methyl sites for hydroxylation is 2. The van der Waals surface area contributed by atoms with Gasteiger partial charge in [0.15, 0.2) is 5.82 Å². The molecule has 2 atom stereocenters. The maximum atomic E-state index is 10.1. The van der Waals surface area contributed by atoms with Crippen LogP contribution in [0.25, 0.3) is 0 Å². The molecule has 0 saturated heterocycles. The van der Waals surface area contributed by atoms with Crippen LogP contribution < -0.4 is 10.1 Å². The topological polar surface area (TPSA) is 80.4 Å². The predicted octanol–water partition coefficient (Wildman–Crippen LogP) is 2.41. The fourth-order valence-corrected chi connectivity index (χ4v) is 2.20. The van der Waals surface area contributed by atoms with Crippen LogP contribution in [0, 0.1) is 19.8 Å². The van der Waals surface area contributed by atoms with Crippen LogP contribution in [0.4, 0.5) is 0 Å². The first-order valence-corrected chi connectivity index (χ1v) is 7.87. The number of aromatic nitrogens is 2. The van der Waals surface area contributed by atoms with E-state index < -0.39 is 6.10 Å². The first-order chi connectivity index (χ1) is 11.0. The van der Waals surface area contributed by atoms with Gasteiger partial charge in [0.05, 0.1) is 6.04 Å². The van der Waals surface area contributed by atoms with Crippen molar-refractivity contribution in [1.82, 2.24) is 15.5 Å². The lowest BCUT2D eigenvalue weighted by molar-refractivity contribution is 0.0994. The van der Waals surface area contributed by atoms with Crippen molar-refractivity contribution in [2.75, 3.05) is 13.2 Å². The van der Waals surface area contributed by atoms with Crippen LogP contribution in [0.15, 0.2) is 28.8 Å². The van der Waals surface area contributed by atoms with E-state index in [9.17, 15) is 5.11 Å². The molecule has 2 rings (SSSR count). The Kier molecular flexibility index (Phi) is 6.12. The second-order valence-corrected chi connectivity index (χ2v) is 6.09. The van der Waals surface area contributed by atoms with Gasteiger partial charge in [0.2, 0.25) is 5.89 Å². The SMILES string of the molecule is Cc1ccc(OCC(O)CNC(c2nc(C)no2)C(C)C)cc1. The Morgan fingerprint density at radius 2 is 1.91 bits per heavy atom. The molecule has 0 aliphatic rings. The molecule has 0 aliphatic heterocycles. The molecule has 0 bridgehead atoms. The van der Waals surface area contributed by atoms with E-state index in [0.717, 1.165) is 5.75 Å². The largest absolute Gasteiger partial charge is 0.491 e. The zero-order valence-corrected chi connectivity index (χ0v) is 14.1. The summed E-state index contributed by atoms with van der Waals surface area (Å²) in [5.41, 5.74) is 1.18. The highest BCUT2D eigenvalue weighted by Crippen LogP contribution is 2.19. The van der Waals surface area contributed by atoms with E-state index in [2.05, 4.69) is 29.3 Å². The van der Waals surface area contributed by atoms with E-state index in [1.54, 1.807) is 6.92 Å². The van der Waals surface area contributed by atoms with Crippen LogP contribution >= 0.6 is 0 Å². The van der Waals surface area contributed by atoms with Crippen molar-refractivity contribution < 1.29 is 14.4 Å². The normalized spacial score (nSPS) is 14.0. The fraction of sp³-hybridized carbons (Fsp3) is 0.529. The molecule has 23 heavy (non-hydrogen) atoms. The van der Waals surface area contributed by atoms with Gasteiger partial charge in [0, 0.05) is 6.54 Å². The van der Waals surface area contributed by atoms with Gasteiger partial charge in [-0.15, -0.1) is 0 Å². The van der Waals surface area contributed by atoms with E-state index >= 15 is 0 Å². The van der Waals surface area contributed by atoms with Crippen molar-refractivity contribution in [2.24, 2.45) is 5.92 Å². The predicted molar refractivity (Wildman–Crippen MR) is 87.3 cm³/mol. The second kappa shape index (κ2) is 8.08. The number of benzene rings is 1. The molecule has 0 spiro atoms. The minimum atomic E-state index is -0.624. The highest BCUT2D eigenvalue weighted by molar-refractivity contribution is 5.26. The number of nitrogens with one attached hydrogen (secondary N) is 1. The van der Waals surface area contributed by atoms with E-state index in [1.807, 2.05) is 31.2 Å². The van der Waals surface area contributed by atoms with Gasteiger partial charge >= 0.3 is 0 Å². The molecule has 2 aromatic rings. The Morgan fingerprint density at radius 1 is 1.22 bits per heavy atom. The first kappa shape index (κ1) is 17.4. The molecular weight excluding hydrogens is 294 g/mol. The van der Waals surface area contributed by atoms with Crippen molar-refractivity contribution in [3.63, 3.8) is 0 Å². The lowest BCUT2D eigenvalue weighted by Gasteiger charge is -2.21. The molecule has 1 aromatic heterocycles. The highest BCUT2D eigenvalue weighted by atomic mass is 16.5. The molecule has 126 valence electrons. The summed E-state index contributed by atoms with van der Waals surface area (Å²) >= 11 is 0. The zero-order chi connectivity index (χ0) is 16.8. The van der Waals surface area contributed by atoms with Gasteiger partial charge in [0.25, 0.3) is 0 Å². The summed E-state index contributed by atoms with van der Waals surface area (Å²) < 4.78 is 10.8. The van der Waals surface area contributed by atoms with Crippen LogP contribution in [0.2, 0.25) is 0 Å². The van der Waals surface area contributed by atoms with Gasteiger partial charge in [-0.2, -0.15) is 4.98 Å². The number of aliphatic hydroxyl groups is 1. The lowest BCUT2D eigenvalue weighted by Crippen LogP contribution is -2.36. The molecule has 0 aliphatic carbocycles. The van der Waals surface area contributed by atoms with Gasteiger partial charge in [-0.25, -0.2) is 0 Å². The summed E-state index contributed by atoms with van der Waals surface area (Å²) in [7, 11) is 0. The smallest absolute Gasteiger partial charge is 0.244 e. The molecule has 1 aromatic carbocycles. The Balaban J connectivity index is 1.82. The van der Waals surface area contributed by atoms with Crippen molar-refractivity contribution in [3.8, 4) is 5.75 Å². The third kappa shape index (κ3) is 5.33. The van der Waals surface area contributed by atoms with Crippen molar-refractivity contribution >= 4 is 0 Å². The molecule has 0 fully saturated rings. The van der Waals surface area contributed by atoms with Crippen molar-refractivity contribution in [3.05, 3.63) is 41.5 Å². The molecule has 6 nitrogen and oxygen atoms in total. The van der Waals surface area contributed by atoms with Crippen LogP contribution in [0.5, 0.6) is 5.75 Å². The maximum Gasteiger partial charge on any atom is 0.244 e. The van der Waals surface area contributed by atoms with Crippen molar-refractivity contribution in [2.45, 2.75) is 39.8 Å². The van der Waals surface area contributed by atoms with Gasteiger partial charge in [-0.3, -0.25) is 0 Å². The Hall–Kier alpha value is -1.92. The van der Waals surface area contributed by atoms with Gasteiger partial charge in [0.1, 0.15) is 18.5 Å². The van der Waals surface area contributed by atoms with E-state index in [0.29, 0.717) is 18.3 Å². The monoisotopic (exact) mass is 319 g/mol. The third-order valence-corrected chi connectivity index (χ3v) is 3.51. The van der Waals surface area contributed by atoms with E-state index in [1.165, 1.54) is 5.56 Å². The average molecular weight is 319 g/mol. The molecular formula is C17H25N3O3. The van der Waals surface area contributed by atoms with Crippen LogP contribution in [0.3, 0.4) is 0 Å². The number of aliphatic hydroxyl groups excluding tert-OH is 1. The van der Waals surface area contributed by atoms with E-state index in [4.69, 9.17) is 9.26 Å². The standard InChI is InChI=1S/C17H25N3O3/c1-11(2)16(17-19-13(4)20-23-17)18-9-14(21)10-22-15-7-5-12(3)6-8-15/h5-8,11,14,16,18,21H,9-10H2,1-4H3. The van der Waals surface area contributed by atoms with Crippen molar-refractivity contribution in [1.29, 1.82) is 0 Å². The first-order valence-electron chi connectivity index (χ1n) is 7.87. The number of nitrogens with zero attached hydrogens (tertiary/aromatic N) is 2. The number of hydrogen-bond donors (Lipinski definition) is 2. The maximum absolute atomic E-state index is 10.1. The van der Waals surface area contributed by atoms with Crippen LogP contribution in [-0.2, 0) is 0 Å². The molecule has 2 N–H and O–H groups in total. The van der Waals surface area contributed by atoms with Crippen LogP contribution in [-0.4, -0.2) is 34.5 Å². The summed E-state index contributed by atoms with van der Waals surface area (Å²) in [5.74, 6) is 2.17. The minimum Gasteiger partial charge on any atom is -0.491 e. The summed E-state index contributed by atoms with van der Waals surface area (Å²) in [6.07, 6.45) is -0.624. The molecule has 0 radical (unpaired) electrons. The Bertz CT molecular complexity index is 595. The minimum absolute atomic E-state index is 0.0924. The van der Waals surface area contributed by atoms with Crippen LogP contribution in [0.1, 0.15) is 37.2 Å². The fourth-order valence-electron chi connectivity index (χ4n) is 2.20. The molecule has 1 heterocycles. The quantitative estimate of drug-likeness (QED) is 0.778. The zero-order valence-electron chi connectivity index (χ0n) is 14.1. The molecule has 6 heteroatoms. The number of rotatable bonds is 8. The molecule has 0 saturated carbocycles. The third-order valence-electron chi connectivity index (χ3n) is 3.51. The summed E-state index contributed by atoms with van der Waals surface area (Å²) in [6.45, 7) is 8.54. The molecule has 0 amide bonds. The number of ether oxygens (including phenoxy) is 1. The Labute approximate surface area is 136 Å². The highest BCUT2D eigenvalue weighted by Gasteiger charge is 2.22. The number of hydrogen-bond acceptors (Lipinski definition) is 6. The van der Waals surface area contributed by atoms with Gasteiger partial charge < -0.3 is 19.7 Å². The molecule has 2 unspecified atom stereocenters. The van der Waals surface area contributed by atoms with E-state index in [-0.39, 0.29) is 18.6 Å². The van der Waals surface area contributed by atoms with Gasteiger partial charge in [-0.05, 0) is 31.9 Å². The summed E-state index contributed by atoms with van der Waals surface area (Å²) in [4.78, 5) is 4.26. The Morgan fingerprint density at radius 3 is 2.48 bits per heavy atom. The lowest BCUT2D eigenvalue weighted by atomic mass is 10.0. The average Bonchev–Trinajstić information content (AvgIpc) is 2.93. The summed E-state index contributed by atoms with van der Waals surface area (Å²) in [5, 5.41) is 17.2.